The van der Waals surface area contributed by atoms with Crippen molar-refractivity contribution in [1.29, 1.82) is 0 Å². The number of nitrogens with zero attached hydrogens (tertiary/aromatic N) is 3. The van der Waals surface area contributed by atoms with E-state index in [1.165, 1.54) is 5.56 Å². The molecule has 1 unspecified atom stereocenters. The quantitative estimate of drug-likeness (QED) is 0.719. The molecule has 0 radical (unpaired) electrons. The smallest absolute Gasteiger partial charge is 0.122 e. The van der Waals surface area contributed by atoms with Gasteiger partial charge in [-0.3, -0.25) is 4.90 Å². The molecular formula is C21H25N3O. The number of benzene rings is 2. The second kappa shape index (κ2) is 8.10. The van der Waals surface area contributed by atoms with Crippen LogP contribution in [0.4, 0.5) is 0 Å². The van der Waals surface area contributed by atoms with Gasteiger partial charge in [0.1, 0.15) is 5.82 Å². The van der Waals surface area contributed by atoms with Crippen LogP contribution >= 0.6 is 0 Å². The topological polar surface area (TPSA) is 41.3 Å². The van der Waals surface area contributed by atoms with E-state index in [9.17, 15) is 5.11 Å². The number of aromatic nitrogens is 2. The molecule has 1 heterocycles. The molecule has 0 saturated carbocycles. The third kappa shape index (κ3) is 4.78. The maximum atomic E-state index is 10.7. The van der Waals surface area contributed by atoms with Crippen LogP contribution in [0.1, 0.15) is 28.6 Å². The molecule has 1 N–H and O–H groups in total. The third-order valence-corrected chi connectivity index (χ3v) is 4.39. The van der Waals surface area contributed by atoms with Crippen molar-refractivity contribution in [3.05, 3.63) is 89.5 Å². The molecule has 2 aromatic carbocycles. The average Bonchev–Trinajstić information content (AvgIpc) is 3.00. The number of hydrogen-bond donors (Lipinski definition) is 1. The SMILES string of the molecule is Cc1cccc(C(O)CN(Cc2ccccc2)Cc2nccn2C)c1. The molecule has 0 aliphatic rings. The van der Waals surface area contributed by atoms with Gasteiger partial charge in [-0.1, -0.05) is 60.2 Å². The van der Waals surface area contributed by atoms with E-state index in [1.807, 2.05) is 73.4 Å². The van der Waals surface area contributed by atoms with E-state index in [-0.39, 0.29) is 0 Å². The van der Waals surface area contributed by atoms with Crippen LogP contribution in [0.2, 0.25) is 0 Å². The minimum Gasteiger partial charge on any atom is -0.387 e. The van der Waals surface area contributed by atoms with Gasteiger partial charge in [-0.05, 0) is 18.1 Å². The van der Waals surface area contributed by atoms with Crippen LogP contribution in [0.15, 0.2) is 67.0 Å². The highest BCUT2D eigenvalue weighted by Crippen LogP contribution is 2.18. The number of imidazole rings is 1. The normalized spacial score (nSPS) is 12.5. The number of rotatable bonds is 7. The Balaban J connectivity index is 1.76. The van der Waals surface area contributed by atoms with E-state index < -0.39 is 6.10 Å². The Morgan fingerprint density at radius 3 is 2.56 bits per heavy atom. The van der Waals surface area contributed by atoms with Gasteiger partial charge in [-0.2, -0.15) is 0 Å². The monoisotopic (exact) mass is 335 g/mol. The third-order valence-electron chi connectivity index (χ3n) is 4.39. The van der Waals surface area contributed by atoms with E-state index in [0.717, 1.165) is 23.5 Å². The van der Waals surface area contributed by atoms with Gasteiger partial charge in [0.25, 0.3) is 0 Å². The van der Waals surface area contributed by atoms with Gasteiger partial charge in [-0.15, -0.1) is 0 Å². The van der Waals surface area contributed by atoms with E-state index in [4.69, 9.17) is 0 Å². The molecule has 0 aliphatic heterocycles. The predicted molar refractivity (Wildman–Crippen MR) is 99.9 cm³/mol. The van der Waals surface area contributed by atoms with Crippen molar-refractivity contribution in [2.45, 2.75) is 26.1 Å². The number of aryl methyl sites for hydroxylation is 2. The van der Waals surface area contributed by atoms with Crippen LogP contribution in [0.5, 0.6) is 0 Å². The van der Waals surface area contributed by atoms with Gasteiger partial charge in [-0.25, -0.2) is 4.98 Å². The first-order valence-electron chi connectivity index (χ1n) is 8.59. The lowest BCUT2D eigenvalue weighted by Crippen LogP contribution is -2.29. The Labute approximate surface area is 149 Å². The molecule has 3 aromatic rings. The van der Waals surface area contributed by atoms with Crippen LogP contribution in [0.25, 0.3) is 0 Å². The number of aliphatic hydroxyl groups excluding tert-OH is 1. The van der Waals surface area contributed by atoms with Gasteiger partial charge < -0.3 is 9.67 Å². The summed E-state index contributed by atoms with van der Waals surface area (Å²) < 4.78 is 2.02. The summed E-state index contributed by atoms with van der Waals surface area (Å²) in [6.07, 6.45) is 3.24. The highest BCUT2D eigenvalue weighted by atomic mass is 16.3. The Bertz CT molecular complexity index is 798. The number of hydrogen-bond acceptors (Lipinski definition) is 3. The lowest BCUT2D eigenvalue weighted by molar-refractivity contribution is 0.103. The fraction of sp³-hybridized carbons (Fsp3) is 0.286. The molecule has 4 nitrogen and oxygen atoms in total. The lowest BCUT2D eigenvalue weighted by Gasteiger charge is -2.25. The first kappa shape index (κ1) is 17.4. The summed E-state index contributed by atoms with van der Waals surface area (Å²) in [6, 6.07) is 18.4. The van der Waals surface area contributed by atoms with E-state index in [2.05, 4.69) is 22.0 Å². The Hall–Kier alpha value is -2.43. The predicted octanol–water partition coefficient (Wildman–Crippen LogP) is 3.46. The van der Waals surface area contributed by atoms with Gasteiger partial charge in [0.2, 0.25) is 0 Å². The molecule has 0 bridgehead atoms. The summed E-state index contributed by atoms with van der Waals surface area (Å²) in [5, 5.41) is 10.7. The second-order valence-corrected chi connectivity index (χ2v) is 6.54. The first-order valence-corrected chi connectivity index (χ1v) is 8.59. The maximum absolute atomic E-state index is 10.7. The van der Waals surface area contributed by atoms with E-state index in [0.29, 0.717) is 13.1 Å². The van der Waals surface area contributed by atoms with Crippen molar-refractivity contribution in [3.8, 4) is 0 Å². The molecule has 1 aromatic heterocycles. The summed E-state index contributed by atoms with van der Waals surface area (Å²) >= 11 is 0. The Morgan fingerprint density at radius 2 is 1.88 bits per heavy atom. The molecule has 0 amide bonds. The van der Waals surface area contributed by atoms with Crippen molar-refractivity contribution >= 4 is 0 Å². The van der Waals surface area contributed by atoms with E-state index >= 15 is 0 Å². The van der Waals surface area contributed by atoms with Gasteiger partial charge in [0.05, 0.1) is 12.6 Å². The molecule has 130 valence electrons. The van der Waals surface area contributed by atoms with E-state index in [1.54, 1.807) is 0 Å². The van der Waals surface area contributed by atoms with Crippen LogP contribution in [0, 0.1) is 6.92 Å². The van der Waals surface area contributed by atoms with Crippen molar-refractivity contribution in [1.82, 2.24) is 14.5 Å². The minimum absolute atomic E-state index is 0.524. The minimum atomic E-state index is -0.524. The molecule has 0 aliphatic carbocycles. The van der Waals surface area contributed by atoms with Crippen LogP contribution in [0.3, 0.4) is 0 Å². The largest absolute Gasteiger partial charge is 0.387 e. The first-order chi connectivity index (χ1) is 12.1. The van der Waals surface area contributed by atoms with Crippen molar-refractivity contribution in [3.63, 3.8) is 0 Å². The molecular weight excluding hydrogens is 310 g/mol. The molecule has 0 spiro atoms. The summed E-state index contributed by atoms with van der Waals surface area (Å²) in [5.41, 5.74) is 3.35. The molecule has 1 atom stereocenters. The zero-order valence-electron chi connectivity index (χ0n) is 14.8. The van der Waals surface area contributed by atoms with Gasteiger partial charge in [0, 0.05) is 32.5 Å². The molecule has 25 heavy (non-hydrogen) atoms. The Kier molecular flexibility index (Phi) is 5.64. The summed E-state index contributed by atoms with van der Waals surface area (Å²) in [6.45, 7) is 4.08. The highest BCUT2D eigenvalue weighted by molar-refractivity contribution is 5.24. The summed E-state index contributed by atoms with van der Waals surface area (Å²) in [5.74, 6) is 0.993. The second-order valence-electron chi connectivity index (χ2n) is 6.54. The van der Waals surface area contributed by atoms with Gasteiger partial charge in [0.15, 0.2) is 0 Å². The number of aliphatic hydroxyl groups is 1. The highest BCUT2D eigenvalue weighted by Gasteiger charge is 2.16. The van der Waals surface area contributed by atoms with Crippen LogP contribution in [-0.2, 0) is 20.1 Å². The van der Waals surface area contributed by atoms with Crippen LogP contribution < -0.4 is 0 Å². The summed E-state index contributed by atoms with van der Waals surface area (Å²) in [4.78, 5) is 6.67. The Morgan fingerprint density at radius 1 is 1.08 bits per heavy atom. The van der Waals surface area contributed by atoms with Crippen LogP contribution in [-0.4, -0.2) is 26.1 Å². The standard InChI is InChI=1S/C21H25N3O/c1-17-7-6-10-19(13-17)20(25)15-24(14-18-8-4-3-5-9-18)16-21-22-11-12-23(21)2/h3-13,20,25H,14-16H2,1-2H3. The lowest BCUT2D eigenvalue weighted by atomic mass is 10.1. The molecule has 0 saturated heterocycles. The zero-order chi connectivity index (χ0) is 17.6. The van der Waals surface area contributed by atoms with Crippen molar-refractivity contribution < 1.29 is 5.11 Å². The maximum Gasteiger partial charge on any atom is 0.122 e. The molecule has 4 heteroatoms. The molecule has 3 rings (SSSR count). The van der Waals surface area contributed by atoms with Crippen molar-refractivity contribution in [2.75, 3.05) is 6.54 Å². The van der Waals surface area contributed by atoms with Gasteiger partial charge >= 0.3 is 0 Å². The zero-order valence-corrected chi connectivity index (χ0v) is 14.8. The fourth-order valence-corrected chi connectivity index (χ4v) is 3.00. The molecule has 0 fully saturated rings. The fourth-order valence-electron chi connectivity index (χ4n) is 3.00. The van der Waals surface area contributed by atoms with Crippen molar-refractivity contribution in [2.24, 2.45) is 7.05 Å². The average molecular weight is 335 g/mol. The summed E-state index contributed by atoms with van der Waals surface area (Å²) in [7, 11) is 2.00.